The molecule has 8 nitrogen and oxygen atoms in total. The Kier molecular flexibility index (Phi) is 3.76. The van der Waals surface area contributed by atoms with Crippen LogP contribution >= 0.6 is 0 Å². The molecule has 2 N–H and O–H groups in total. The Bertz CT molecular complexity index is 660. The number of β-amino-alcohol motifs (C(OH)–C–C–N with tert-alkyl or cyclic N) is 1. The van der Waals surface area contributed by atoms with Crippen LogP contribution in [-0.4, -0.2) is 51.4 Å². The predicted molar refractivity (Wildman–Crippen MR) is 77.4 cm³/mol. The van der Waals surface area contributed by atoms with Crippen molar-refractivity contribution >= 4 is 11.7 Å². The smallest absolute Gasteiger partial charge is 0.290 e. The third-order valence-corrected chi connectivity index (χ3v) is 3.64. The molecule has 0 unspecified atom stereocenters. The van der Waals surface area contributed by atoms with E-state index in [0.717, 1.165) is 5.82 Å². The summed E-state index contributed by atoms with van der Waals surface area (Å²) in [5, 5.41) is 16.9. The van der Waals surface area contributed by atoms with Gasteiger partial charge in [-0.3, -0.25) is 9.78 Å². The largest absolute Gasteiger partial charge is 0.386 e. The maximum atomic E-state index is 11.9. The lowest BCUT2D eigenvalue weighted by Crippen LogP contribution is -2.45. The third kappa shape index (κ3) is 3.06. The van der Waals surface area contributed by atoms with Crippen molar-refractivity contribution in [1.29, 1.82) is 0 Å². The van der Waals surface area contributed by atoms with Crippen LogP contribution in [0.2, 0.25) is 0 Å². The van der Waals surface area contributed by atoms with Crippen molar-refractivity contribution in [3.05, 3.63) is 36.1 Å². The lowest BCUT2D eigenvalue weighted by molar-refractivity contribution is 0.0564. The van der Waals surface area contributed by atoms with E-state index in [1.165, 1.54) is 0 Å². The maximum absolute atomic E-state index is 11.9. The fraction of sp³-hybridized carbons (Fsp3) is 0.429. The molecule has 0 aliphatic carbocycles. The topological polar surface area (TPSA) is 104 Å². The number of nitrogens with one attached hydrogen (secondary N) is 1. The molecule has 0 spiro atoms. The Morgan fingerprint density at radius 1 is 1.55 bits per heavy atom. The molecule has 2 aromatic heterocycles. The Labute approximate surface area is 127 Å². The summed E-state index contributed by atoms with van der Waals surface area (Å²) in [4.78, 5) is 22.1. The van der Waals surface area contributed by atoms with Crippen LogP contribution in [0.15, 0.2) is 29.2 Å². The van der Waals surface area contributed by atoms with Crippen LogP contribution in [0.1, 0.15) is 22.7 Å². The Morgan fingerprint density at radius 3 is 3.09 bits per heavy atom. The average Bonchev–Trinajstić information content (AvgIpc) is 3.13. The van der Waals surface area contributed by atoms with Crippen molar-refractivity contribution < 1.29 is 14.4 Å². The van der Waals surface area contributed by atoms with Crippen LogP contribution in [0.25, 0.3) is 0 Å². The molecular weight excluding hydrogens is 286 g/mol. The van der Waals surface area contributed by atoms with E-state index >= 15 is 0 Å². The number of aryl methyl sites for hydroxylation is 1. The minimum absolute atomic E-state index is 0.141. The van der Waals surface area contributed by atoms with Gasteiger partial charge in [0.05, 0.1) is 11.9 Å². The summed E-state index contributed by atoms with van der Waals surface area (Å²) in [6.07, 6.45) is 5.41. The number of anilines is 1. The number of hydrogen-bond acceptors (Lipinski definition) is 7. The van der Waals surface area contributed by atoms with Crippen molar-refractivity contribution in [1.82, 2.24) is 20.4 Å². The third-order valence-electron chi connectivity index (χ3n) is 3.64. The molecule has 1 atom stereocenters. The fourth-order valence-corrected chi connectivity index (χ4v) is 2.45. The van der Waals surface area contributed by atoms with Gasteiger partial charge in [0.2, 0.25) is 5.76 Å². The van der Waals surface area contributed by atoms with Gasteiger partial charge in [0, 0.05) is 38.1 Å². The molecule has 1 saturated heterocycles. The summed E-state index contributed by atoms with van der Waals surface area (Å²) in [6.45, 7) is 2.93. The zero-order chi connectivity index (χ0) is 15.6. The molecule has 0 bridgehead atoms. The van der Waals surface area contributed by atoms with Gasteiger partial charge in [-0.05, 0) is 13.3 Å². The number of rotatable bonds is 4. The van der Waals surface area contributed by atoms with E-state index in [2.05, 4.69) is 20.4 Å². The van der Waals surface area contributed by atoms with Gasteiger partial charge in [0.15, 0.2) is 0 Å². The number of carbonyl (C=O) groups is 1. The molecule has 1 fully saturated rings. The first-order valence-electron chi connectivity index (χ1n) is 7.01. The van der Waals surface area contributed by atoms with Crippen molar-refractivity contribution in [2.24, 2.45) is 0 Å². The van der Waals surface area contributed by atoms with E-state index in [1.807, 2.05) is 4.90 Å². The number of amides is 1. The summed E-state index contributed by atoms with van der Waals surface area (Å²) in [7, 11) is 0. The van der Waals surface area contributed by atoms with E-state index < -0.39 is 5.60 Å². The molecular formula is C14H17N5O3. The monoisotopic (exact) mass is 303 g/mol. The van der Waals surface area contributed by atoms with E-state index in [9.17, 15) is 9.90 Å². The molecule has 2 aromatic rings. The van der Waals surface area contributed by atoms with Crippen LogP contribution in [0.4, 0.5) is 5.82 Å². The van der Waals surface area contributed by atoms with Crippen molar-refractivity contribution in [2.75, 3.05) is 24.5 Å². The zero-order valence-electron chi connectivity index (χ0n) is 12.2. The molecule has 0 radical (unpaired) electrons. The first-order valence-corrected chi connectivity index (χ1v) is 7.01. The molecule has 116 valence electrons. The summed E-state index contributed by atoms with van der Waals surface area (Å²) in [6, 6.07) is 1.56. The summed E-state index contributed by atoms with van der Waals surface area (Å²) in [5.41, 5.74) is -0.360. The molecule has 22 heavy (non-hydrogen) atoms. The van der Waals surface area contributed by atoms with E-state index in [1.54, 1.807) is 31.6 Å². The van der Waals surface area contributed by atoms with Gasteiger partial charge in [0.25, 0.3) is 5.91 Å². The normalized spacial score (nSPS) is 21.1. The van der Waals surface area contributed by atoms with Gasteiger partial charge in [-0.2, -0.15) is 0 Å². The van der Waals surface area contributed by atoms with Gasteiger partial charge in [0.1, 0.15) is 11.4 Å². The first kappa shape index (κ1) is 14.5. The fourth-order valence-electron chi connectivity index (χ4n) is 2.45. The first-order chi connectivity index (χ1) is 10.6. The number of carbonyl (C=O) groups excluding carboxylic acids is 1. The summed E-state index contributed by atoms with van der Waals surface area (Å²) in [5.74, 6) is 0.479. The van der Waals surface area contributed by atoms with E-state index in [4.69, 9.17) is 4.52 Å². The van der Waals surface area contributed by atoms with Gasteiger partial charge >= 0.3 is 0 Å². The second-order valence-electron chi connectivity index (χ2n) is 5.47. The Morgan fingerprint density at radius 2 is 2.41 bits per heavy atom. The second-order valence-corrected chi connectivity index (χ2v) is 5.47. The van der Waals surface area contributed by atoms with Gasteiger partial charge in [-0.1, -0.05) is 5.16 Å². The lowest BCUT2D eigenvalue weighted by Gasteiger charge is -2.23. The summed E-state index contributed by atoms with van der Waals surface area (Å²) < 4.78 is 4.89. The van der Waals surface area contributed by atoms with Crippen molar-refractivity contribution in [2.45, 2.75) is 18.9 Å². The molecule has 0 aromatic carbocycles. The number of aromatic nitrogens is 3. The van der Waals surface area contributed by atoms with Gasteiger partial charge < -0.3 is 19.8 Å². The van der Waals surface area contributed by atoms with Crippen molar-refractivity contribution in [3.63, 3.8) is 0 Å². The molecule has 8 heteroatoms. The minimum atomic E-state index is -0.998. The van der Waals surface area contributed by atoms with Gasteiger partial charge in [-0.25, -0.2) is 4.98 Å². The van der Waals surface area contributed by atoms with Crippen LogP contribution in [0, 0.1) is 6.92 Å². The zero-order valence-corrected chi connectivity index (χ0v) is 12.2. The average molecular weight is 303 g/mol. The number of hydrogen-bond donors (Lipinski definition) is 2. The number of aliphatic hydroxyl groups is 1. The highest BCUT2D eigenvalue weighted by Gasteiger charge is 2.37. The SMILES string of the molecule is Cc1cc(C(=O)NC[C@]2(O)CCN(c3cnccn3)C2)on1. The highest BCUT2D eigenvalue weighted by atomic mass is 16.5. The molecule has 1 amide bonds. The lowest BCUT2D eigenvalue weighted by atomic mass is 10.0. The van der Waals surface area contributed by atoms with Gasteiger partial charge in [-0.15, -0.1) is 0 Å². The van der Waals surface area contributed by atoms with Crippen LogP contribution < -0.4 is 10.2 Å². The highest BCUT2D eigenvalue weighted by molar-refractivity contribution is 5.91. The Hall–Kier alpha value is -2.48. The molecule has 3 heterocycles. The summed E-state index contributed by atoms with van der Waals surface area (Å²) >= 11 is 0. The minimum Gasteiger partial charge on any atom is -0.386 e. The maximum Gasteiger partial charge on any atom is 0.290 e. The quantitative estimate of drug-likeness (QED) is 0.828. The number of nitrogens with zero attached hydrogens (tertiary/aromatic N) is 4. The van der Waals surface area contributed by atoms with Crippen LogP contribution in [0.5, 0.6) is 0 Å². The highest BCUT2D eigenvalue weighted by Crippen LogP contribution is 2.24. The Balaban J connectivity index is 1.58. The standard InChI is InChI=1S/C14H17N5O3/c1-10-6-11(22-18-10)13(20)17-8-14(21)2-5-19(9-14)12-7-15-3-4-16-12/h3-4,6-7,21H,2,5,8-9H2,1H3,(H,17,20)/t14-/m1/s1. The molecule has 0 saturated carbocycles. The molecule has 3 rings (SSSR count). The molecule has 1 aliphatic heterocycles. The van der Waals surface area contributed by atoms with E-state index in [-0.39, 0.29) is 18.2 Å². The second kappa shape index (κ2) is 5.72. The van der Waals surface area contributed by atoms with Crippen LogP contribution in [0.3, 0.4) is 0 Å². The van der Waals surface area contributed by atoms with Crippen LogP contribution in [-0.2, 0) is 0 Å². The van der Waals surface area contributed by atoms with Crippen molar-refractivity contribution in [3.8, 4) is 0 Å². The van der Waals surface area contributed by atoms with E-state index in [0.29, 0.717) is 25.2 Å². The predicted octanol–water partition coefficient (Wildman–Crippen LogP) is 0.144. The molecule has 1 aliphatic rings.